The van der Waals surface area contributed by atoms with Crippen molar-refractivity contribution in [2.75, 3.05) is 0 Å². The summed E-state index contributed by atoms with van der Waals surface area (Å²) >= 11 is 5.83. The zero-order chi connectivity index (χ0) is 14.7. The fraction of sp³-hybridized carbons (Fsp3) is 0.0909. The molecule has 0 amide bonds. The van der Waals surface area contributed by atoms with E-state index in [0.717, 1.165) is 6.07 Å². The fourth-order valence-electron chi connectivity index (χ4n) is 1.41. The summed E-state index contributed by atoms with van der Waals surface area (Å²) in [5, 5.41) is 22.9. The lowest BCUT2D eigenvalue weighted by Crippen LogP contribution is -1.99. The molecule has 0 fully saturated rings. The number of aromatic carboxylic acids is 1. The molecule has 2 rings (SSSR count). The minimum Gasteiger partial charge on any atom is -0.477 e. The van der Waals surface area contributed by atoms with Crippen molar-refractivity contribution in [1.29, 1.82) is 0 Å². The van der Waals surface area contributed by atoms with Crippen molar-refractivity contribution < 1.29 is 24.1 Å². The van der Waals surface area contributed by atoms with Crippen LogP contribution in [-0.4, -0.2) is 21.2 Å². The Morgan fingerprint density at radius 1 is 1.55 bits per heavy atom. The summed E-state index contributed by atoms with van der Waals surface area (Å²) in [5.41, 5.74) is -0.576. The molecule has 0 atom stereocenters. The van der Waals surface area contributed by atoms with Crippen molar-refractivity contribution in [2.24, 2.45) is 0 Å². The Bertz CT molecular complexity index is 669. The van der Waals surface area contributed by atoms with E-state index in [0.29, 0.717) is 0 Å². The van der Waals surface area contributed by atoms with Crippen LogP contribution in [0, 0.1) is 10.1 Å². The summed E-state index contributed by atoms with van der Waals surface area (Å²) in [5.74, 6) is -1.26. The van der Waals surface area contributed by atoms with E-state index in [-0.39, 0.29) is 34.5 Å². The van der Waals surface area contributed by atoms with Crippen LogP contribution in [-0.2, 0) is 6.61 Å². The van der Waals surface area contributed by atoms with Gasteiger partial charge in [-0.2, -0.15) is 0 Å². The number of ether oxygens (including phenoxy) is 1. The van der Waals surface area contributed by atoms with Crippen LogP contribution < -0.4 is 4.74 Å². The summed E-state index contributed by atoms with van der Waals surface area (Å²) in [6.07, 6.45) is 0. The molecule has 0 aliphatic heterocycles. The molecule has 8 nitrogen and oxygen atoms in total. The number of carboxylic acids is 1. The van der Waals surface area contributed by atoms with Gasteiger partial charge in [-0.1, -0.05) is 22.8 Å². The summed E-state index contributed by atoms with van der Waals surface area (Å²) in [6, 6.07) is 5.26. The van der Waals surface area contributed by atoms with Crippen LogP contribution in [0.1, 0.15) is 16.2 Å². The molecular weight excluding hydrogens is 292 g/mol. The van der Waals surface area contributed by atoms with Crippen molar-refractivity contribution in [3.05, 3.63) is 50.9 Å². The van der Waals surface area contributed by atoms with Crippen molar-refractivity contribution in [3.63, 3.8) is 0 Å². The molecule has 2 aromatic rings. The van der Waals surface area contributed by atoms with Gasteiger partial charge in [0, 0.05) is 12.1 Å². The maximum Gasteiger partial charge on any atom is 0.358 e. The Hall–Kier alpha value is -2.61. The molecule has 1 aromatic heterocycles. The number of nitro groups is 1. The predicted octanol–water partition coefficient (Wildman–Crippen LogP) is 2.51. The van der Waals surface area contributed by atoms with Gasteiger partial charge >= 0.3 is 11.7 Å². The first kappa shape index (κ1) is 13.8. The van der Waals surface area contributed by atoms with E-state index in [9.17, 15) is 14.9 Å². The zero-order valence-electron chi connectivity index (χ0n) is 9.78. The van der Waals surface area contributed by atoms with Crippen LogP contribution in [0.2, 0.25) is 5.02 Å². The van der Waals surface area contributed by atoms with Crippen molar-refractivity contribution in [3.8, 4) is 5.75 Å². The molecule has 1 heterocycles. The first-order valence-corrected chi connectivity index (χ1v) is 5.61. The van der Waals surface area contributed by atoms with Gasteiger partial charge in [0.2, 0.25) is 5.75 Å². The maximum absolute atomic E-state index is 10.8. The lowest BCUT2D eigenvalue weighted by Gasteiger charge is -2.06. The zero-order valence-corrected chi connectivity index (χ0v) is 10.5. The first-order valence-electron chi connectivity index (χ1n) is 5.23. The number of carbonyl (C=O) groups is 1. The van der Waals surface area contributed by atoms with Gasteiger partial charge in [-0.05, 0) is 6.07 Å². The number of nitrogens with zero attached hydrogens (tertiary/aromatic N) is 2. The Morgan fingerprint density at radius 2 is 2.30 bits per heavy atom. The normalized spacial score (nSPS) is 10.2. The monoisotopic (exact) mass is 298 g/mol. The highest BCUT2D eigenvalue weighted by Crippen LogP contribution is 2.34. The lowest BCUT2D eigenvalue weighted by molar-refractivity contribution is -0.385. The Morgan fingerprint density at radius 3 is 2.90 bits per heavy atom. The standard InChI is InChI=1S/C11H7ClN2O6/c12-7-2-1-3-9(14(17)18)10(7)19-5-6-4-8(11(15)16)13-20-6/h1-4H,5H2,(H,15,16). The number of carboxylic acid groups (broad SMARTS) is 1. The molecule has 0 radical (unpaired) electrons. The fourth-order valence-corrected chi connectivity index (χ4v) is 1.63. The molecule has 104 valence electrons. The van der Waals surface area contributed by atoms with E-state index in [1.807, 2.05) is 0 Å². The van der Waals surface area contributed by atoms with Crippen LogP contribution >= 0.6 is 11.6 Å². The summed E-state index contributed by atoms with van der Waals surface area (Å²) in [4.78, 5) is 20.8. The van der Waals surface area contributed by atoms with Gasteiger partial charge in [-0.3, -0.25) is 10.1 Å². The Balaban J connectivity index is 2.18. The molecule has 0 spiro atoms. The highest BCUT2D eigenvalue weighted by molar-refractivity contribution is 6.32. The van der Waals surface area contributed by atoms with Crippen molar-refractivity contribution in [2.45, 2.75) is 6.61 Å². The number of aromatic nitrogens is 1. The number of hydrogen-bond donors (Lipinski definition) is 1. The molecular formula is C11H7ClN2O6. The van der Waals surface area contributed by atoms with Gasteiger partial charge in [-0.25, -0.2) is 4.79 Å². The van der Waals surface area contributed by atoms with Crippen LogP contribution in [0.3, 0.4) is 0 Å². The summed E-state index contributed by atoms with van der Waals surface area (Å²) < 4.78 is 9.93. The molecule has 0 saturated carbocycles. The highest BCUT2D eigenvalue weighted by Gasteiger charge is 2.19. The number of nitro benzene ring substituents is 1. The third kappa shape index (κ3) is 2.86. The second kappa shape index (κ2) is 5.57. The maximum atomic E-state index is 10.8. The molecule has 20 heavy (non-hydrogen) atoms. The van der Waals surface area contributed by atoms with Gasteiger partial charge in [0.25, 0.3) is 0 Å². The predicted molar refractivity (Wildman–Crippen MR) is 65.9 cm³/mol. The van der Waals surface area contributed by atoms with Crippen molar-refractivity contribution in [1.82, 2.24) is 5.16 Å². The Kier molecular flexibility index (Phi) is 3.85. The molecule has 0 unspecified atom stereocenters. The SMILES string of the molecule is O=C(O)c1cc(COc2c(Cl)cccc2[N+](=O)[O-])on1. The molecule has 1 N–H and O–H groups in total. The van der Waals surface area contributed by atoms with Crippen LogP contribution in [0.25, 0.3) is 0 Å². The minimum absolute atomic E-state index is 0.0668. The topological polar surface area (TPSA) is 116 Å². The average molecular weight is 299 g/mol. The number of benzene rings is 1. The molecule has 0 saturated heterocycles. The second-order valence-electron chi connectivity index (χ2n) is 3.62. The van der Waals surface area contributed by atoms with E-state index in [1.165, 1.54) is 18.2 Å². The lowest BCUT2D eigenvalue weighted by atomic mass is 10.3. The van der Waals surface area contributed by atoms with E-state index < -0.39 is 10.9 Å². The number of rotatable bonds is 5. The van der Waals surface area contributed by atoms with Crippen LogP contribution in [0.5, 0.6) is 5.75 Å². The summed E-state index contributed by atoms with van der Waals surface area (Å²) in [7, 11) is 0. The van der Waals surface area contributed by atoms with E-state index in [4.69, 9.17) is 26.0 Å². The third-order valence-electron chi connectivity index (χ3n) is 2.28. The molecule has 0 bridgehead atoms. The Labute approximate surface area is 116 Å². The highest BCUT2D eigenvalue weighted by atomic mass is 35.5. The number of para-hydroxylation sites is 1. The first-order chi connectivity index (χ1) is 9.49. The second-order valence-corrected chi connectivity index (χ2v) is 4.02. The summed E-state index contributed by atoms with van der Waals surface area (Å²) in [6.45, 7) is -0.231. The van der Waals surface area contributed by atoms with E-state index in [1.54, 1.807) is 0 Å². The smallest absolute Gasteiger partial charge is 0.358 e. The number of hydrogen-bond acceptors (Lipinski definition) is 6. The van der Waals surface area contributed by atoms with Crippen molar-refractivity contribution >= 4 is 23.3 Å². The van der Waals surface area contributed by atoms with Crippen LogP contribution in [0.4, 0.5) is 5.69 Å². The minimum atomic E-state index is -1.25. The van der Waals surface area contributed by atoms with Gasteiger partial charge < -0.3 is 14.4 Å². The molecule has 0 aliphatic carbocycles. The molecule has 0 aliphatic rings. The third-order valence-corrected chi connectivity index (χ3v) is 2.58. The van der Waals surface area contributed by atoms with E-state index >= 15 is 0 Å². The largest absolute Gasteiger partial charge is 0.477 e. The van der Waals surface area contributed by atoms with Gasteiger partial charge in [-0.15, -0.1) is 0 Å². The quantitative estimate of drug-likeness (QED) is 0.665. The average Bonchev–Trinajstić information content (AvgIpc) is 2.86. The molecule has 9 heteroatoms. The van der Waals surface area contributed by atoms with Gasteiger partial charge in [0.15, 0.2) is 11.5 Å². The van der Waals surface area contributed by atoms with Gasteiger partial charge in [0.1, 0.15) is 6.61 Å². The van der Waals surface area contributed by atoms with Gasteiger partial charge in [0.05, 0.1) is 9.95 Å². The van der Waals surface area contributed by atoms with E-state index in [2.05, 4.69) is 5.16 Å². The van der Waals surface area contributed by atoms with Crippen LogP contribution in [0.15, 0.2) is 28.8 Å². The molecule has 1 aromatic carbocycles. The number of halogens is 1.